The van der Waals surface area contributed by atoms with Crippen LogP contribution >= 0.6 is 22.9 Å². The Kier molecular flexibility index (Phi) is 6.89. The molecule has 0 fully saturated rings. The maximum atomic E-state index is 14.5. The van der Waals surface area contributed by atoms with Crippen molar-refractivity contribution in [1.82, 2.24) is 30.2 Å². The first-order valence-electron chi connectivity index (χ1n) is 10.1. The number of unbranched alkanes of at least 4 members (excludes halogenated alkanes) is 1. The number of H-pyrrole nitrogens is 1. The highest BCUT2D eigenvalue weighted by Gasteiger charge is 2.16. The number of hydrogen-bond donors (Lipinski definition) is 1. The van der Waals surface area contributed by atoms with Crippen molar-refractivity contribution in [2.45, 2.75) is 39.2 Å². The number of allylic oxidation sites excluding steroid dienone is 1. The van der Waals surface area contributed by atoms with E-state index in [0.717, 1.165) is 36.4 Å². The smallest absolute Gasteiger partial charge is 0.201 e. The number of hydrogen-bond acceptors (Lipinski definition) is 5. The second-order valence-corrected chi connectivity index (χ2v) is 8.59. The molecular weight excluding hydrogens is 435 g/mol. The molecule has 1 N–H and O–H groups in total. The number of aromatic nitrogens is 6. The Bertz CT molecular complexity index is 1130. The van der Waals surface area contributed by atoms with Crippen LogP contribution in [0.4, 0.5) is 4.39 Å². The Labute approximate surface area is 188 Å². The van der Waals surface area contributed by atoms with Gasteiger partial charge in [-0.05, 0) is 41.3 Å². The summed E-state index contributed by atoms with van der Waals surface area (Å²) in [7, 11) is 0. The van der Waals surface area contributed by atoms with E-state index in [1.54, 1.807) is 23.5 Å². The van der Waals surface area contributed by atoms with E-state index >= 15 is 0 Å². The van der Waals surface area contributed by atoms with Crippen molar-refractivity contribution in [3.8, 4) is 0 Å². The molecule has 1 aromatic carbocycles. The van der Waals surface area contributed by atoms with Gasteiger partial charge in [-0.3, -0.25) is 0 Å². The molecule has 4 aromatic rings. The van der Waals surface area contributed by atoms with Gasteiger partial charge in [0.25, 0.3) is 0 Å². The Balaban J connectivity index is 1.76. The van der Waals surface area contributed by atoms with Crippen LogP contribution in [0.3, 0.4) is 0 Å². The van der Waals surface area contributed by atoms with Crippen molar-refractivity contribution in [2.75, 3.05) is 0 Å². The topological polar surface area (TPSA) is 72.3 Å². The lowest BCUT2D eigenvalue weighted by molar-refractivity contribution is 0.590. The second kappa shape index (κ2) is 9.98. The first-order chi connectivity index (χ1) is 15.2. The van der Waals surface area contributed by atoms with Crippen molar-refractivity contribution in [1.29, 1.82) is 0 Å². The molecular formula is C22H22ClFN6S. The summed E-state index contributed by atoms with van der Waals surface area (Å²) in [5, 5.41) is 17.0. The van der Waals surface area contributed by atoms with Gasteiger partial charge < -0.3 is 4.57 Å². The van der Waals surface area contributed by atoms with E-state index in [0.29, 0.717) is 29.4 Å². The molecule has 0 aliphatic carbocycles. The average molecular weight is 457 g/mol. The van der Waals surface area contributed by atoms with Crippen LogP contribution in [-0.4, -0.2) is 30.2 Å². The molecule has 9 heteroatoms. The number of rotatable bonds is 9. The minimum atomic E-state index is -0.324. The van der Waals surface area contributed by atoms with Crippen LogP contribution < -0.4 is 0 Å². The molecule has 3 heterocycles. The molecule has 6 nitrogen and oxygen atoms in total. The van der Waals surface area contributed by atoms with Gasteiger partial charge in [0, 0.05) is 33.9 Å². The van der Waals surface area contributed by atoms with Crippen molar-refractivity contribution in [2.24, 2.45) is 0 Å². The molecule has 0 saturated heterocycles. The summed E-state index contributed by atoms with van der Waals surface area (Å²) in [4.78, 5) is 5.82. The molecule has 3 aromatic heterocycles. The number of halogens is 2. The maximum absolute atomic E-state index is 14.5. The lowest BCUT2D eigenvalue weighted by Gasteiger charge is -2.13. The Hall–Kier alpha value is -2.84. The highest BCUT2D eigenvalue weighted by Crippen LogP contribution is 2.26. The first-order valence-corrected chi connectivity index (χ1v) is 11.4. The van der Waals surface area contributed by atoms with Gasteiger partial charge in [-0.1, -0.05) is 37.1 Å². The van der Waals surface area contributed by atoms with E-state index in [2.05, 4.69) is 38.6 Å². The highest BCUT2D eigenvalue weighted by atomic mass is 35.5. The zero-order chi connectivity index (χ0) is 21.6. The lowest BCUT2D eigenvalue weighted by atomic mass is 10.1. The standard InChI is InChI=1S/C22H22ClFN6S/c1-2-3-9-21-25-13-16(30(21)14-18-19(23)7-4-8-20(18)24)11-15(22-26-28-29-27-22)12-17-6-5-10-31-17/h4-8,10-11,13H,2-3,9,12,14H2,1H3,(H,26,27,28,29)/b15-11+. The molecule has 0 aliphatic heterocycles. The minimum Gasteiger partial charge on any atom is -0.324 e. The van der Waals surface area contributed by atoms with Crippen molar-refractivity contribution < 1.29 is 4.39 Å². The van der Waals surface area contributed by atoms with Gasteiger partial charge >= 0.3 is 0 Å². The summed E-state index contributed by atoms with van der Waals surface area (Å²) in [6.07, 6.45) is 7.32. The SMILES string of the molecule is CCCCc1ncc(/C=C(\Cc2cccs2)c2nn[nH]n2)n1Cc1c(F)cccc1Cl. The van der Waals surface area contributed by atoms with Crippen molar-refractivity contribution >= 4 is 34.6 Å². The largest absolute Gasteiger partial charge is 0.324 e. The number of aromatic amines is 1. The van der Waals surface area contributed by atoms with Crippen molar-refractivity contribution in [3.05, 3.63) is 80.5 Å². The number of tetrazole rings is 1. The van der Waals surface area contributed by atoms with Crippen LogP contribution in [0.15, 0.2) is 41.9 Å². The zero-order valence-corrected chi connectivity index (χ0v) is 18.6. The first kappa shape index (κ1) is 21.4. The normalized spacial score (nSPS) is 11.9. The van der Waals surface area contributed by atoms with E-state index < -0.39 is 0 Å². The third-order valence-corrected chi connectivity index (χ3v) is 6.23. The lowest BCUT2D eigenvalue weighted by Crippen LogP contribution is -2.09. The van der Waals surface area contributed by atoms with Gasteiger partial charge in [-0.25, -0.2) is 9.37 Å². The van der Waals surface area contributed by atoms with Crippen LogP contribution in [0, 0.1) is 5.82 Å². The number of benzene rings is 1. The molecule has 0 bridgehead atoms. The number of thiophene rings is 1. The summed E-state index contributed by atoms with van der Waals surface area (Å²) in [5.41, 5.74) is 2.20. The fourth-order valence-corrected chi connectivity index (χ4v) is 4.33. The summed E-state index contributed by atoms with van der Waals surface area (Å²) in [6.45, 7) is 2.44. The fraction of sp³-hybridized carbons (Fsp3) is 0.273. The molecule has 4 rings (SSSR count). The molecule has 0 amide bonds. The van der Waals surface area contributed by atoms with Crippen molar-refractivity contribution in [3.63, 3.8) is 0 Å². The van der Waals surface area contributed by atoms with Gasteiger partial charge in [0.05, 0.1) is 18.4 Å². The molecule has 0 spiro atoms. The van der Waals surface area contributed by atoms with E-state index in [9.17, 15) is 4.39 Å². The quantitative estimate of drug-likeness (QED) is 0.364. The van der Waals surface area contributed by atoms with Crippen LogP contribution in [-0.2, 0) is 19.4 Å². The molecule has 31 heavy (non-hydrogen) atoms. The predicted octanol–water partition coefficient (Wildman–Crippen LogP) is 5.42. The monoisotopic (exact) mass is 456 g/mol. The van der Waals surface area contributed by atoms with Gasteiger partial charge in [-0.15, -0.1) is 21.5 Å². The van der Waals surface area contributed by atoms with E-state index in [1.165, 1.54) is 10.9 Å². The summed E-state index contributed by atoms with van der Waals surface area (Å²) >= 11 is 7.99. The second-order valence-electron chi connectivity index (χ2n) is 7.15. The van der Waals surface area contributed by atoms with E-state index in [1.807, 2.05) is 28.3 Å². The van der Waals surface area contributed by atoms with Gasteiger partial charge in [0.1, 0.15) is 11.6 Å². The van der Waals surface area contributed by atoms with E-state index in [4.69, 9.17) is 11.6 Å². The molecule has 0 unspecified atom stereocenters. The Morgan fingerprint density at radius 1 is 1.29 bits per heavy atom. The third-order valence-electron chi connectivity index (χ3n) is 5.00. The van der Waals surface area contributed by atoms with Gasteiger partial charge in [0.2, 0.25) is 5.82 Å². The van der Waals surface area contributed by atoms with Gasteiger partial charge in [-0.2, -0.15) is 5.21 Å². The zero-order valence-electron chi connectivity index (χ0n) is 17.1. The number of nitrogens with one attached hydrogen (secondary N) is 1. The van der Waals surface area contributed by atoms with Crippen LogP contribution in [0.1, 0.15) is 47.5 Å². The van der Waals surface area contributed by atoms with Crippen LogP contribution in [0.25, 0.3) is 11.6 Å². The maximum Gasteiger partial charge on any atom is 0.201 e. The number of aryl methyl sites for hydroxylation is 1. The molecule has 160 valence electrons. The van der Waals surface area contributed by atoms with E-state index in [-0.39, 0.29) is 5.82 Å². The third kappa shape index (κ3) is 5.08. The highest BCUT2D eigenvalue weighted by molar-refractivity contribution is 7.10. The number of imidazole rings is 1. The molecule has 0 aliphatic rings. The number of nitrogens with zero attached hydrogens (tertiary/aromatic N) is 5. The summed E-state index contributed by atoms with van der Waals surface area (Å²) in [5.74, 6) is 1.10. The summed E-state index contributed by atoms with van der Waals surface area (Å²) in [6, 6.07) is 8.84. The summed E-state index contributed by atoms with van der Waals surface area (Å²) < 4.78 is 16.6. The van der Waals surface area contributed by atoms with Crippen LogP contribution in [0.2, 0.25) is 5.02 Å². The van der Waals surface area contributed by atoms with Gasteiger partial charge in [0.15, 0.2) is 0 Å². The van der Waals surface area contributed by atoms with Crippen LogP contribution in [0.5, 0.6) is 0 Å². The molecule has 0 saturated carbocycles. The Morgan fingerprint density at radius 2 is 2.19 bits per heavy atom. The average Bonchev–Trinajstić information content (AvgIpc) is 3.52. The minimum absolute atomic E-state index is 0.301. The molecule has 0 radical (unpaired) electrons. The molecule has 0 atom stereocenters. The predicted molar refractivity (Wildman–Crippen MR) is 121 cm³/mol. The Morgan fingerprint density at radius 3 is 2.90 bits per heavy atom. The fourth-order valence-electron chi connectivity index (χ4n) is 3.37.